The monoisotopic (exact) mass is 1430 g/mol. The van der Waals surface area contributed by atoms with Gasteiger partial charge in [0.05, 0.1) is 14.7 Å². The number of thioether (sulfide) groups is 3. The molecule has 6 aromatic heterocycles. The van der Waals surface area contributed by atoms with Crippen molar-refractivity contribution in [1.29, 1.82) is 0 Å². The lowest BCUT2D eigenvalue weighted by Gasteiger charge is -2.16. The van der Waals surface area contributed by atoms with Crippen molar-refractivity contribution < 1.29 is 51.7 Å². The van der Waals surface area contributed by atoms with E-state index in [1.807, 2.05) is 41.5 Å². The lowest BCUT2D eigenvalue weighted by atomic mass is 10.2. The van der Waals surface area contributed by atoms with E-state index in [1.165, 1.54) is 119 Å². The zero-order valence-corrected chi connectivity index (χ0v) is 57.5. The Morgan fingerprint density at radius 3 is 0.907 bits per heavy atom. The van der Waals surface area contributed by atoms with Crippen LogP contribution in [0.4, 0.5) is 13.2 Å². The molecule has 3 saturated heterocycles. The number of halogens is 3. The quantitative estimate of drug-likeness (QED) is 0.0743. The predicted molar refractivity (Wildman–Crippen MR) is 381 cm³/mol. The molecule has 0 aliphatic carbocycles. The first-order valence-electron chi connectivity index (χ1n) is 29.5. The van der Waals surface area contributed by atoms with Crippen LogP contribution in [0.2, 0.25) is 0 Å². The largest absolute Gasteiger partial charge is 0.481 e. The summed E-state index contributed by atoms with van der Waals surface area (Å²) in [7, 11) is 0. The van der Waals surface area contributed by atoms with Crippen molar-refractivity contribution in [3.05, 3.63) is 226 Å². The second-order valence-corrected chi connectivity index (χ2v) is 27.5. The Bertz CT molecular complexity index is 4400. The van der Waals surface area contributed by atoms with Crippen LogP contribution in [-0.4, -0.2) is 104 Å². The first-order valence-corrected chi connectivity index (χ1v) is 33.2. The smallest absolute Gasteiger partial charge is 0.300 e. The van der Waals surface area contributed by atoms with Gasteiger partial charge >= 0.3 is 0 Å². The lowest BCUT2D eigenvalue weighted by Crippen LogP contribution is -2.31. The molecule has 0 atom stereocenters. The number of pyridine rings is 3. The summed E-state index contributed by atoms with van der Waals surface area (Å²) in [5.74, 6) is -1.08. The van der Waals surface area contributed by atoms with Gasteiger partial charge in [-0.15, -0.1) is 0 Å². The number of fused-ring (bicyclic) bond motifs is 3. The number of amides is 3. The maximum Gasteiger partial charge on any atom is 0.300 e. The summed E-state index contributed by atoms with van der Waals surface area (Å²) in [5.41, 5.74) is 0.303. The molecule has 0 unspecified atom stereocenters. The van der Waals surface area contributed by atoms with Crippen molar-refractivity contribution in [3.63, 3.8) is 0 Å². The van der Waals surface area contributed by atoms with E-state index in [2.05, 4.69) is 15.0 Å². The van der Waals surface area contributed by atoms with E-state index in [1.54, 1.807) is 73.2 Å². The number of hydrogen-bond donors (Lipinski definition) is 1. The highest BCUT2D eigenvalue weighted by Gasteiger charge is 2.36. The third-order valence-electron chi connectivity index (χ3n) is 13.4. The molecule has 12 rings (SSSR count). The molecule has 9 aromatic rings. The third kappa shape index (κ3) is 17.9. The van der Waals surface area contributed by atoms with Crippen molar-refractivity contribution >= 4 is 144 Å². The van der Waals surface area contributed by atoms with Crippen LogP contribution in [0.5, 0.6) is 34.9 Å². The first-order chi connectivity index (χ1) is 46.2. The van der Waals surface area contributed by atoms with Gasteiger partial charge < -0.3 is 19.3 Å². The van der Waals surface area contributed by atoms with Crippen LogP contribution in [0, 0.1) is 35.2 Å². The zero-order chi connectivity index (χ0) is 69.9. The number of carboxylic acids is 1. The number of carbonyl (C=O) groups excluding carboxylic acids is 3. The van der Waals surface area contributed by atoms with Crippen LogP contribution >= 0.6 is 71.9 Å². The molecular formula is C68H58F3N9O11S6. The summed E-state index contributed by atoms with van der Waals surface area (Å²) in [6.45, 7) is 14.6. The van der Waals surface area contributed by atoms with Gasteiger partial charge in [0.15, 0.2) is 0 Å². The molecule has 3 amide bonds. The molecule has 3 aromatic carbocycles. The molecule has 498 valence electrons. The summed E-state index contributed by atoms with van der Waals surface area (Å²) < 4.78 is 62.7. The van der Waals surface area contributed by atoms with E-state index in [4.69, 9.17) is 60.8 Å². The SMILES string of the molecule is CC(=O)O.CC(C)CN1C(=O)/C(=C/c2c(Oc3ccc(F)cc3)nc3ccccn3c2=O)SC1=S.CC(C)CN1C(=O)/C(=C/c2c(Oc3ccc(F)cc3)nc3ccccn3c2=O)SC1=S.CC(C)CN1C(=O)/C(=C/c2c(Oc3ccc(F)cc3)nc3ccccn3c2=O)SC1=S. The number of nitrogens with zero attached hydrogens (tertiary/aromatic N) is 9. The second kappa shape index (κ2) is 31.9. The fourth-order valence-electron chi connectivity index (χ4n) is 9.15. The molecule has 0 saturated carbocycles. The average Bonchev–Trinajstić information content (AvgIpc) is 1.72. The Morgan fingerprint density at radius 2 is 0.680 bits per heavy atom. The Morgan fingerprint density at radius 1 is 0.443 bits per heavy atom. The summed E-state index contributed by atoms with van der Waals surface area (Å²) in [6.07, 6.45) is 9.17. The van der Waals surface area contributed by atoms with Gasteiger partial charge in [0.25, 0.3) is 40.4 Å². The summed E-state index contributed by atoms with van der Waals surface area (Å²) >= 11 is 19.5. The number of aliphatic carboxylic acids is 1. The Kier molecular flexibility index (Phi) is 23.6. The molecule has 1 N–H and O–H groups in total. The van der Waals surface area contributed by atoms with Crippen molar-refractivity contribution in [2.45, 2.75) is 48.5 Å². The fourth-order valence-corrected chi connectivity index (χ4v) is 12.9. The topological polar surface area (TPSA) is 229 Å². The van der Waals surface area contributed by atoms with E-state index in [0.29, 0.717) is 81.5 Å². The number of rotatable bonds is 15. The number of ether oxygens (including phenoxy) is 3. The van der Waals surface area contributed by atoms with Crippen LogP contribution in [0.1, 0.15) is 65.2 Å². The van der Waals surface area contributed by atoms with Crippen molar-refractivity contribution in [2.24, 2.45) is 17.8 Å². The third-order valence-corrected chi connectivity index (χ3v) is 17.5. The Hall–Kier alpha value is -9.65. The lowest BCUT2D eigenvalue weighted by molar-refractivity contribution is -0.134. The highest BCUT2D eigenvalue weighted by Crippen LogP contribution is 2.38. The molecule has 3 fully saturated rings. The number of benzene rings is 3. The van der Waals surface area contributed by atoms with Gasteiger partial charge in [0.1, 0.15) is 81.3 Å². The maximum atomic E-state index is 13.3. The fraction of sp³-hybridized carbons (Fsp3) is 0.191. The van der Waals surface area contributed by atoms with E-state index < -0.39 is 40.1 Å². The van der Waals surface area contributed by atoms with Crippen LogP contribution < -0.4 is 30.9 Å². The van der Waals surface area contributed by atoms with Crippen LogP contribution in [-0.2, 0) is 19.2 Å². The van der Waals surface area contributed by atoms with E-state index in [0.717, 1.165) is 42.2 Å². The second-order valence-electron chi connectivity index (χ2n) is 22.4. The zero-order valence-electron chi connectivity index (χ0n) is 52.6. The number of aromatic nitrogens is 6. The van der Waals surface area contributed by atoms with Crippen LogP contribution in [0.25, 0.3) is 35.2 Å². The van der Waals surface area contributed by atoms with Crippen molar-refractivity contribution in [1.82, 2.24) is 42.9 Å². The number of thiocarbonyl (C=S) groups is 3. The molecule has 9 heterocycles. The highest BCUT2D eigenvalue weighted by atomic mass is 32.2. The van der Waals surface area contributed by atoms with E-state index in [9.17, 15) is 41.9 Å². The van der Waals surface area contributed by atoms with Gasteiger partial charge in [-0.2, -0.15) is 15.0 Å². The van der Waals surface area contributed by atoms with Gasteiger partial charge in [0, 0.05) is 45.1 Å². The molecule has 0 radical (unpaired) electrons. The molecule has 29 heteroatoms. The van der Waals surface area contributed by atoms with Gasteiger partial charge in [-0.1, -0.05) is 132 Å². The van der Waals surface area contributed by atoms with Gasteiger partial charge in [-0.05, 0) is 145 Å². The van der Waals surface area contributed by atoms with Gasteiger partial charge in [-0.25, -0.2) is 13.2 Å². The highest BCUT2D eigenvalue weighted by molar-refractivity contribution is 8.27. The Labute approximate surface area is 581 Å². The standard InChI is InChI=1S/3C22H18FN3O3S2.C2H4O2/c3*1-13(2)12-26-21(28)17(31-22(26)30)11-16-19(29-15-8-6-14(23)7-9-15)24-18-5-3-4-10-25(18)20(16)27;1-2(3)4/h3*3-11,13H,12H2,1-2H3;1H3,(H,3,4)/b3*17-11-;. The molecule has 97 heavy (non-hydrogen) atoms. The normalized spacial score (nSPS) is 15.1. The number of hydrogen-bond acceptors (Lipinski definition) is 19. The minimum Gasteiger partial charge on any atom is -0.481 e. The summed E-state index contributed by atoms with van der Waals surface area (Å²) in [5, 5.41) is 7.42. The van der Waals surface area contributed by atoms with Gasteiger partial charge in [0.2, 0.25) is 17.6 Å². The van der Waals surface area contributed by atoms with Crippen LogP contribution in [0.3, 0.4) is 0 Å². The van der Waals surface area contributed by atoms with E-state index in [-0.39, 0.29) is 69.8 Å². The number of carboxylic acid groups (broad SMARTS) is 1. The van der Waals surface area contributed by atoms with E-state index >= 15 is 0 Å². The van der Waals surface area contributed by atoms with Gasteiger partial charge in [-0.3, -0.25) is 61.5 Å². The minimum atomic E-state index is -0.833. The van der Waals surface area contributed by atoms with Crippen LogP contribution in [0.15, 0.2) is 175 Å². The minimum absolute atomic E-state index is 0.0249. The first kappa shape index (κ1) is 71.6. The molecular weight excluding hydrogens is 1370 g/mol. The average molecular weight is 1430 g/mol. The molecule has 20 nitrogen and oxygen atoms in total. The maximum absolute atomic E-state index is 13.3. The molecule has 0 spiro atoms. The van der Waals surface area contributed by atoms with Crippen molar-refractivity contribution in [3.8, 4) is 34.9 Å². The molecule has 0 bridgehead atoms. The molecule has 3 aliphatic heterocycles. The summed E-state index contributed by atoms with van der Waals surface area (Å²) in [4.78, 5) is 106. The Balaban J connectivity index is 0.000000166. The summed E-state index contributed by atoms with van der Waals surface area (Å²) in [6, 6.07) is 31.5. The molecule has 3 aliphatic rings. The predicted octanol–water partition coefficient (Wildman–Crippen LogP) is 13.5. The number of carbonyl (C=O) groups is 4. The van der Waals surface area contributed by atoms with Crippen molar-refractivity contribution in [2.75, 3.05) is 19.6 Å².